The maximum Gasteiger partial charge on any atom is 0.261 e. The van der Waals surface area contributed by atoms with Gasteiger partial charge in [0.2, 0.25) is 0 Å². The van der Waals surface area contributed by atoms with Crippen LogP contribution in [0.2, 0.25) is 0 Å². The van der Waals surface area contributed by atoms with Crippen LogP contribution in [0.3, 0.4) is 0 Å². The van der Waals surface area contributed by atoms with Crippen LogP contribution >= 0.6 is 0 Å². The second-order valence-corrected chi connectivity index (χ2v) is 7.51. The Kier molecular flexibility index (Phi) is 6.17. The van der Waals surface area contributed by atoms with Gasteiger partial charge in [-0.05, 0) is 44.2 Å². The number of ether oxygens (including phenoxy) is 1. The first-order valence-corrected chi connectivity index (χ1v) is 9.29. The molecule has 0 spiro atoms. The second kappa shape index (κ2) is 8.13. The van der Waals surface area contributed by atoms with Gasteiger partial charge in [-0.25, -0.2) is 8.42 Å². The van der Waals surface area contributed by atoms with Crippen LogP contribution in [0.25, 0.3) is 0 Å². The first kappa shape index (κ1) is 19.0. The van der Waals surface area contributed by atoms with Crippen molar-refractivity contribution in [1.29, 1.82) is 0 Å². The lowest BCUT2D eigenvalue weighted by Gasteiger charge is -2.13. The largest absolute Gasteiger partial charge is 0.383 e. The van der Waals surface area contributed by atoms with Crippen LogP contribution in [0.15, 0.2) is 53.4 Å². The number of carbonyl (C=O) groups excluding carboxylic acids is 1. The number of hydrogen-bond acceptors (Lipinski definition) is 4. The summed E-state index contributed by atoms with van der Waals surface area (Å²) in [6.45, 7) is 4.10. The first-order valence-electron chi connectivity index (χ1n) is 7.81. The number of sulfonamides is 1. The quantitative estimate of drug-likeness (QED) is 0.793. The maximum atomic E-state index is 12.5. The van der Waals surface area contributed by atoms with E-state index in [9.17, 15) is 13.2 Å². The topological polar surface area (TPSA) is 84.5 Å². The summed E-state index contributed by atoms with van der Waals surface area (Å²) in [4.78, 5) is 12.3. The molecular weight excluding hydrogens is 340 g/mol. The lowest BCUT2D eigenvalue weighted by Crippen LogP contribution is -2.35. The van der Waals surface area contributed by atoms with Crippen molar-refractivity contribution >= 4 is 21.6 Å². The van der Waals surface area contributed by atoms with Gasteiger partial charge in [0, 0.05) is 24.4 Å². The Morgan fingerprint density at radius 1 is 1.16 bits per heavy atom. The maximum absolute atomic E-state index is 12.5. The lowest BCUT2D eigenvalue weighted by molar-refractivity contribution is 0.0905. The Balaban J connectivity index is 2.18. The van der Waals surface area contributed by atoms with E-state index in [0.29, 0.717) is 12.3 Å². The van der Waals surface area contributed by atoms with E-state index in [1.807, 2.05) is 19.1 Å². The molecule has 1 unspecified atom stereocenters. The predicted molar refractivity (Wildman–Crippen MR) is 97.2 cm³/mol. The summed E-state index contributed by atoms with van der Waals surface area (Å²) in [6.07, 6.45) is 0. The van der Waals surface area contributed by atoms with Gasteiger partial charge in [-0.1, -0.05) is 23.8 Å². The highest BCUT2D eigenvalue weighted by molar-refractivity contribution is 7.92. The normalized spacial score (nSPS) is 12.4. The summed E-state index contributed by atoms with van der Waals surface area (Å²) >= 11 is 0. The summed E-state index contributed by atoms with van der Waals surface area (Å²) in [5.41, 5.74) is 1.77. The summed E-state index contributed by atoms with van der Waals surface area (Å²) in [5, 5.41) is 2.75. The van der Waals surface area contributed by atoms with E-state index in [2.05, 4.69) is 10.0 Å². The molecule has 6 nitrogen and oxygen atoms in total. The Morgan fingerprint density at radius 3 is 2.48 bits per heavy atom. The van der Waals surface area contributed by atoms with Crippen molar-refractivity contribution in [2.45, 2.75) is 24.8 Å². The molecule has 0 aliphatic rings. The van der Waals surface area contributed by atoms with Gasteiger partial charge in [0.15, 0.2) is 0 Å². The third kappa shape index (κ3) is 5.30. The smallest absolute Gasteiger partial charge is 0.261 e. The van der Waals surface area contributed by atoms with Gasteiger partial charge < -0.3 is 10.1 Å². The minimum absolute atomic E-state index is 0.0279. The number of methoxy groups -OCH3 is 1. The van der Waals surface area contributed by atoms with Crippen molar-refractivity contribution in [2.75, 3.05) is 18.4 Å². The fourth-order valence-electron chi connectivity index (χ4n) is 2.24. The van der Waals surface area contributed by atoms with Crippen LogP contribution < -0.4 is 10.0 Å². The summed E-state index contributed by atoms with van der Waals surface area (Å²) in [5.74, 6) is -0.350. The van der Waals surface area contributed by atoms with E-state index in [-0.39, 0.29) is 22.4 Å². The van der Waals surface area contributed by atoms with E-state index in [4.69, 9.17) is 4.74 Å². The van der Waals surface area contributed by atoms with Crippen molar-refractivity contribution in [3.05, 3.63) is 59.7 Å². The molecule has 0 bridgehead atoms. The molecule has 0 aliphatic carbocycles. The number of carbonyl (C=O) groups is 1. The van der Waals surface area contributed by atoms with Crippen molar-refractivity contribution < 1.29 is 17.9 Å². The minimum atomic E-state index is -3.78. The Labute approximate surface area is 148 Å². The molecule has 0 aliphatic heterocycles. The molecule has 7 heteroatoms. The molecule has 25 heavy (non-hydrogen) atoms. The number of aryl methyl sites for hydroxylation is 1. The average molecular weight is 362 g/mol. The monoisotopic (exact) mass is 362 g/mol. The lowest BCUT2D eigenvalue weighted by atomic mass is 10.2. The number of benzene rings is 2. The van der Waals surface area contributed by atoms with Gasteiger partial charge in [0.05, 0.1) is 11.5 Å². The van der Waals surface area contributed by atoms with E-state index in [0.717, 1.165) is 5.56 Å². The fourth-order valence-corrected chi connectivity index (χ4v) is 3.34. The van der Waals surface area contributed by atoms with E-state index >= 15 is 0 Å². The first-order chi connectivity index (χ1) is 11.8. The van der Waals surface area contributed by atoms with Gasteiger partial charge >= 0.3 is 0 Å². The van der Waals surface area contributed by atoms with Gasteiger partial charge in [0.1, 0.15) is 0 Å². The highest BCUT2D eigenvalue weighted by atomic mass is 32.2. The van der Waals surface area contributed by atoms with Gasteiger partial charge in [0.25, 0.3) is 15.9 Å². The molecule has 0 aromatic heterocycles. The zero-order valence-electron chi connectivity index (χ0n) is 14.4. The third-order valence-corrected chi connectivity index (χ3v) is 4.88. The van der Waals surface area contributed by atoms with Crippen LogP contribution in [-0.4, -0.2) is 34.1 Å². The third-order valence-electron chi connectivity index (χ3n) is 3.50. The Morgan fingerprint density at radius 2 is 1.84 bits per heavy atom. The summed E-state index contributed by atoms with van der Waals surface area (Å²) in [6, 6.07) is 12.8. The molecule has 0 fully saturated rings. The van der Waals surface area contributed by atoms with Crippen molar-refractivity contribution in [3.8, 4) is 0 Å². The van der Waals surface area contributed by atoms with Gasteiger partial charge in [-0.3, -0.25) is 9.52 Å². The minimum Gasteiger partial charge on any atom is -0.383 e. The van der Waals surface area contributed by atoms with Gasteiger partial charge in [-0.15, -0.1) is 0 Å². The molecule has 0 heterocycles. The average Bonchev–Trinajstić information content (AvgIpc) is 2.57. The molecule has 2 aromatic rings. The van der Waals surface area contributed by atoms with Crippen molar-refractivity contribution in [3.63, 3.8) is 0 Å². The van der Waals surface area contributed by atoms with E-state index in [1.54, 1.807) is 38.3 Å². The van der Waals surface area contributed by atoms with Crippen LogP contribution in [0.1, 0.15) is 22.8 Å². The predicted octanol–water partition coefficient (Wildman–Crippen LogP) is 2.56. The molecule has 2 aromatic carbocycles. The number of hydrogen-bond donors (Lipinski definition) is 2. The molecule has 0 saturated heterocycles. The Bertz CT molecular complexity index is 832. The summed E-state index contributed by atoms with van der Waals surface area (Å²) in [7, 11) is -2.23. The van der Waals surface area contributed by atoms with Gasteiger partial charge in [-0.2, -0.15) is 0 Å². The van der Waals surface area contributed by atoms with Crippen LogP contribution in [0.4, 0.5) is 5.69 Å². The molecular formula is C18H22N2O4S. The molecule has 1 amide bonds. The SMILES string of the molecule is COCC(C)NC(=O)c1cccc(S(=O)(=O)Nc2ccc(C)cc2)c1. The van der Waals surface area contributed by atoms with Crippen LogP contribution in [0, 0.1) is 6.92 Å². The highest BCUT2D eigenvalue weighted by Gasteiger charge is 2.17. The molecule has 1 atom stereocenters. The van der Waals surface area contributed by atoms with E-state index < -0.39 is 10.0 Å². The molecule has 0 radical (unpaired) electrons. The number of anilines is 1. The van der Waals surface area contributed by atoms with Crippen LogP contribution in [0.5, 0.6) is 0 Å². The number of nitrogens with one attached hydrogen (secondary N) is 2. The standard InChI is InChI=1S/C18H22N2O4S/c1-13-7-9-16(10-8-13)20-25(22,23)17-6-4-5-15(11-17)18(21)19-14(2)12-24-3/h4-11,14,20H,12H2,1-3H3,(H,19,21). The summed E-state index contributed by atoms with van der Waals surface area (Å²) < 4.78 is 32.5. The molecule has 0 saturated carbocycles. The van der Waals surface area contributed by atoms with Crippen LogP contribution in [-0.2, 0) is 14.8 Å². The van der Waals surface area contributed by atoms with Crippen molar-refractivity contribution in [2.24, 2.45) is 0 Å². The molecule has 134 valence electrons. The Hall–Kier alpha value is -2.38. The number of rotatable bonds is 7. The zero-order valence-corrected chi connectivity index (χ0v) is 15.3. The van der Waals surface area contributed by atoms with Crippen molar-refractivity contribution in [1.82, 2.24) is 5.32 Å². The van der Waals surface area contributed by atoms with E-state index in [1.165, 1.54) is 12.1 Å². The molecule has 2 rings (SSSR count). The number of amides is 1. The zero-order chi connectivity index (χ0) is 18.4. The second-order valence-electron chi connectivity index (χ2n) is 5.83. The fraction of sp³-hybridized carbons (Fsp3) is 0.278. The highest BCUT2D eigenvalue weighted by Crippen LogP contribution is 2.17. The molecule has 2 N–H and O–H groups in total.